The zero-order chi connectivity index (χ0) is 20.1. The summed E-state index contributed by atoms with van der Waals surface area (Å²) in [6.07, 6.45) is 3.75. The minimum Gasteiger partial charge on any atom is -0.497 e. The second-order valence-electron chi connectivity index (χ2n) is 6.82. The predicted octanol–water partition coefficient (Wildman–Crippen LogP) is 5.57. The number of aromatic nitrogens is 1. The quantitative estimate of drug-likeness (QED) is 0.431. The Hall–Kier alpha value is -3.64. The van der Waals surface area contributed by atoms with Crippen molar-refractivity contribution in [2.75, 3.05) is 7.11 Å². The van der Waals surface area contributed by atoms with Crippen LogP contribution in [0.15, 0.2) is 79.0 Å². The molecule has 1 aromatic heterocycles. The summed E-state index contributed by atoms with van der Waals surface area (Å²) in [7, 11) is 1.67. The third-order valence-corrected chi connectivity index (χ3v) is 4.85. The van der Waals surface area contributed by atoms with Crippen molar-refractivity contribution in [3.05, 3.63) is 107 Å². The SMILES string of the molecule is COc1ccc(CCc2ccc(C#Cc3cccc4cc(F)ccc34)nc2)cc1. The van der Waals surface area contributed by atoms with Crippen LogP contribution in [0.2, 0.25) is 0 Å². The molecule has 0 aliphatic rings. The van der Waals surface area contributed by atoms with E-state index in [9.17, 15) is 4.39 Å². The van der Waals surface area contributed by atoms with Crippen molar-refractivity contribution < 1.29 is 9.13 Å². The Bertz CT molecular complexity index is 1190. The van der Waals surface area contributed by atoms with Gasteiger partial charge in [-0.2, -0.15) is 0 Å². The summed E-state index contributed by atoms with van der Waals surface area (Å²) in [5, 5.41) is 1.79. The monoisotopic (exact) mass is 381 g/mol. The molecule has 2 nitrogen and oxygen atoms in total. The predicted molar refractivity (Wildman–Crippen MR) is 115 cm³/mol. The Balaban J connectivity index is 1.45. The van der Waals surface area contributed by atoms with Crippen LogP contribution in [0.4, 0.5) is 4.39 Å². The maximum atomic E-state index is 13.4. The first kappa shape index (κ1) is 18.7. The van der Waals surface area contributed by atoms with Crippen molar-refractivity contribution in [1.82, 2.24) is 4.98 Å². The Labute approximate surface area is 170 Å². The molecule has 1 heterocycles. The second-order valence-corrected chi connectivity index (χ2v) is 6.82. The van der Waals surface area contributed by atoms with Gasteiger partial charge in [-0.1, -0.05) is 42.3 Å². The van der Waals surface area contributed by atoms with Crippen LogP contribution in [0, 0.1) is 17.7 Å². The van der Waals surface area contributed by atoms with Crippen LogP contribution in [0.3, 0.4) is 0 Å². The highest BCUT2D eigenvalue weighted by molar-refractivity contribution is 5.88. The molecular formula is C26H20FNO. The topological polar surface area (TPSA) is 22.1 Å². The first-order valence-corrected chi connectivity index (χ1v) is 9.49. The number of methoxy groups -OCH3 is 1. The number of rotatable bonds is 4. The lowest BCUT2D eigenvalue weighted by atomic mass is 10.0. The molecule has 0 amide bonds. The number of hydrogen-bond donors (Lipinski definition) is 0. The Morgan fingerprint density at radius 2 is 1.66 bits per heavy atom. The van der Waals surface area contributed by atoms with E-state index in [2.05, 4.69) is 35.0 Å². The fourth-order valence-corrected chi connectivity index (χ4v) is 3.22. The lowest BCUT2D eigenvalue weighted by molar-refractivity contribution is 0.414. The lowest BCUT2D eigenvalue weighted by Gasteiger charge is -2.04. The van der Waals surface area contributed by atoms with Crippen LogP contribution in [0.1, 0.15) is 22.4 Å². The second kappa shape index (κ2) is 8.58. The van der Waals surface area contributed by atoms with E-state index in [0.29, 0.717) is 0 Å². The third-order valence-electron chi connectivity index (χ3n) is 4.85. The molecule has 142 valence electrons. The van der Waals surface area contributed by atoms with Crippen molar-refractivity contribution in [3.8, 4) is 17.6 Å². The number of fused-ring (bicyclic) bond motifs is 1. The van der Waals surface area contributed by atoms with E-state index >= 15 is 0 Å². The molecule has 4 rings (SSSR count). The van der Waals surface area contributed by atoms with Crippen molar-refractivity contribution in [3.63, 3.8) is 0 Å². The molecule has 0 spiro atoms. The number of benzene rings is 3. The van der Waals surface area contributed by atoms with Gasteiger partial charge in [-0.15, -0.1) is 0 Å². The van der Waals surface area contributed by atoms with Crippen molar-refractivity contribution in [2.24, 2.45) is 0 Å². The van der Waals surface area contributed by atoms with Crippen LogP contribution in [-0.2, 0) is 12.8 Å². The first-order valence-electron chi connectivity index (χ1n) is 9.49. The highest BCUT2D eigenvalue weighted by Gasteiger charge is 2.01. The van der Waals surface area contributed by atoms with Gasteiger partial charge in [0.2, 0.25) is 0 Å². The molecule has 0 unspecified atom stereocenters. The zero-order valence-electron chi connectivity index (χ0n) is 16.2. The molecule has 4 aromatic rings. The molecule has 0 aliphatic carbocycles. The zero-order valence-corrected chi connectivity index (χ0v) is 16.2. The fraction of sp³-hybridized carbons (Fsp3) is 0.115. The number of aryl methyl sites for hydroxylation is 2. The third kappa shape index (κ3) is 4.62. The van der Waals surface area contributed by atoms with E-state index in [1.54, 1.807) is 13.2 Å². The average Bonchev–Trinajstić information content (AvgIpc) is 2.77. The van der Waals surface area contributed by atoms with Crippen LogP contribution >= 0.6 is 0 Å². The average molecular weight is 381 g/mol. The van der Waals surface area contributed by atoms with Crippen LogP contribution in [0.5, 0.6) is 5.75 Å². The molecule has 0 N–H and O–H groups in total. The summed E-state index contributed by atoms with van der Waals surface area (Å²) in [6.45, 7) is 0. The smallest absolute Gasteiger partial charge is 0.123 e. The number of ether oxygens (including phenoxy) is 1. The Morgan fingerprint density at radius 1 is 0.862 bits per heavy atom. The summed E-state index contributed by atoms with van der Waals surface area (Å²) in [5.74, 6) is 6.91. The minimum absolute atomic E-state index is 0.241. The van der Waals surface area contributed by atoms with E-state index < -0.39 is 0 Å². The van der Waals surface area contributed by atoms with E-state index in [4.69, 9.17) is 4.74 Å². The summed E-state index contributed by atoms with van der Waals surface area (Å²) in [6, 6.07) is 22.6. The Morgan fingerprint density at radius 3 is 2.41 bits per heavy atom. The fourth-order valence-electron chi connectivity index (χ4n) is 3.22. The molecule has 29 heavy (non-hydrogen) atoms. The van der Waals surface area contributed by atoms with E-state index in [1.165, 1.54) is 23.3 Å². The van der Waals surface area contributed by atoms with Gasteiger partial charge >= 0.3 is 0 Å². The van der Waals surface area contributed by atoms with Gasteiger partial charge < -0.3 is 4.74 Å². The molecule has 0 bridgehead atoms. The first-order chi connectivity index (χ1) is 14.2. The standard InChI is InChI=1S/C26H20FNO/c1-29-25-14-8-19(9-15-25)5-6-20-7-12-24(28-18-20)13-10-21-3-2-4-22-17-23(27)11-16-26(21)22/h2-4,7-9,11-12,14-18H,5-6H2,1H3. The molecule has 0 saturated heterocycles. The van der Waals surface area contributed by atoms with Crippen LogP contribution < -0.4 is 4.74 Å². The molecule has 0 saturated carbocycles. The highest BCUT2D eigenvalue weighted by Crippen LogP contribution is 2.19. The van der Waals surface area contributed by atoms with Crippen molar-refractivity contribution >= 4 is 10.8 Å². The molecule has 0 atom stereocenters. The summed E-state index contributed by atoms with van der Waals surface area (Å²) < 4.78 is 18.6. The summed E-state index contributed by atoms with van der Waals surface area (Å²) in [4.78, 5) is 4.47. The maximum absolute atomic E-state index is 13.4. The molecule has 3 aromatic carbocycles. The maximum Gasteiger partial charge on any atom is 0.123 e. The van der Waals surface area contributed by atoms with Gasteiger partial charge in [0, 0.05) is 11.8 Å². The van der Waals surface area contributed by atoms with Crippen LogP contribution in [-0.4, -0.2) is 12.1 Å². The van der Waals surface area contributed by atoms with Gasteiger partial charge in [-0.05, 0) is 77.1 Å². The largest absolute Gasteiger partial charge is 0.497 e. The van der Waals surface area contributed by atoms with Crippen molar-refractivity contribution in [2.45, 2.75) is 12.8 Å². The molecule has 0 aliphatic heterocycles. The summed E-state index contributed by atoms with van der Waals surface area (Å²) >= 11 is 0. The highest BCUT2D eigenvalue weighted by atomic mass is 19.1. The number of nitrogens with zero attached hydrogens (tertiary/aromatic N) is 1. The van der Waals surface area contributed by atoms with Gasteiger partial charge in [0.25, 0.3) is 0 Å². The summed E-state index contributed by atoms with van der Waals surface area (Å²) in [5.41, 5.74) is 4.03. The number of hydrogen-bond acceptors (Lipinski definition) is 2. The minimum atomic E-state index is -0.241. The molecule has 0 fully saturated rings. The molecular weight excluding hydrogens is 361 g/mol. The van der Waals surface area contributed by atoms with Gasteiger partial charge in [0.05, 0.1) is 7.11 Å². The van der Waals surface area contributed by atoms with Gasteiger partial charge in [0.1, 0.15) is 17.3 Å². The van der Waals surface area contributed by atoms with Gasteiger partial charge in [-0.3, -0.25) is 0 Å². The van der Waals surface area contributed by atoms with Crippen molar-refractivity contribution in [1.29, 1.82) is 0 Å². The van der Waals surface area contributed by atoms with Crippen LogP contribution in [0.25, 0.3) is 10.8 Å². The molecule has 3 heteroatoms. The van der Waals surface area contributed by atoms with Gasteiger partial charge in [-0.25, -0.2) is 9.37 Å². The normalized spacial score (nSPS) is 10.4. The van der Waals surface area contributed by atoms with E-state index in [-0.39, 0.29) is 5.82 Å². The lowest BCUT2D eigenvalue weighted by Crippen LogP contribution is -1.93. The van der Waals surface area contributed by atoms with E-state index in [1.807, 2.05) is 42.6 Å². The molecule has 0 radical (unpaired) electrons. The number of halogens is 1. The Kier molecular flexibility index (Phi) is 5.54. The van der Waals surface area contributed by atoms with E-state index in [0.717, 1.165) is 40.6 Å². The number of pyridine rings is 1. The van der Waals surface area contributed by atoms with Gasteiger partial charge in [0.15, 0.2) is 0 Å².